The number of amides is 1. The second-order valence-electron chi connectivity index (χ2n) is 7.43. The van der Waals surface area contributed by atoms with E-state index in [0.29, 0.717) is 33.9 Å². The van der Waals surface area contributed by atoms with Gasteiger partial charge in [-0.15, -0.1) is 10.2 Å². The van der Waals surface area contributed by atoms with Crippen molar-refractivity contribution >= 4 is 40.0 Å². The molecule has 0 unspecified atom stereocenters. The van der Waals surface area contributed by atoms with Gasteiger partial charge in [0.15, 0.2) is 4.34 Å². The molecule has 1 saturated heterocycles. The molecule has 1 fully saturated rings. The number of furan rings is 1. The van der Waals surface area contributed by atoms with Gasteiger partial charge in [0.05, 0.1) is 36.8 Å². The zero-order valence-electron chi connectivity index (χ0n) is 17.9. The third-order valence-corrected chi connectivity index (χ3v) is 7.35. The van der Waals surface area contributed by atoms with Crippen LogP contribution in [0.4, 0.5) is 10.9 Å². The number of carbonyl (C=O) groups excluding carboxylic acids is 1. The number of thioether (sulfide) groups is 1. The number of nitriles is 1. The number of carbonyl (C=O) groups is 1. The van der Waals surface area contributed by atoms with Crippen molar-refractivity contribution in [3.05, 3.63) is 41.0 Å². The van der Waals surface area contributed by atoms with Crippen molar-refractivity contribution in [2.24, 2.45) is 0 Å². The van der Waals surface area contributed by atoms with E-state index in [9.17, 15) is 10.1 Å². The lowest BCUT2D eigenvalue weighted by atomic mass is 10.2. The van der Waals surface area contributed by atoms with Gasteiger partial charge in [-0.3, -0.25) is 4.79 Å². The highest BCUT2D eigenvalue weighted by atomic mass is 32.2. The zero-order chi connectivity index (χ0) is 22.5. The second kappa shape index (κ2) is 10.2. The maximum Gasteiger partial charge on any atom is 0.235 e. The molecule has 0 saturated carbocycles. The van der Waals surface area contributed by atoms with Gasteiger partial charge in [-0.2, -0.15) is 5.26 Å². The van der Waals surface area contributed by atoms with Crippen LogP contribution in [0.5, 0.6) is 0 Å². The van der Waals surface area contributed by atoms with Crippen molar-refractivity contribution in [2.45, 2.75) is 50.2 Å². The van der Waals surface area contributed by atoms with Crippen molar-refractivity contribution in [1.82, 2.24) is 14.8 Å². The molecule has 32 heavy (non-hydrogen) atoms. The standard InChI is InChI=1S/C21H24N6O3S2/c1-13-14(2)27(11-16-6-4-8-30-16)19(17(13)9-22)24-18(28)12-31-21-26-25-20(32-21)23-10-15-5-3-7-29-15/h3,5,7,16H,4,6,8,10-12H2,1-2H3,(H,23,25)(H,24,28)/t16-/m1/s1. The lowest BCUT2D eigenvalue weighted by Gasteiger charge is -2.16. The second-order valence-corrected chi connectivity index (χ2v) is 9.63. The van der Waals surface area contributed by atoms with E-state index in [1.807, 2.05) is 30.5 Å². The SMILES string of the molecule is Cc1c(C#N)c(NC(=O)CSc2nnc(NCc3ccco3)s2)n(C[C@H]2CCCO2)c1C. The average Bonchev–Trinajstić information content (AvgIpc) is 3.58. The fourth-order valence-electron chi connectivity index (χ4n) is 3.56. The third kappa shape index (κ3) is 5.15. The van der Waals surface area contributed by atoms with Gasteiger partial charge in [0.2, 0.25) is 11.0 Å². The Labute approximate surface area is 194 Å². The van der Waals surface area contributed by atoms with Crippen molar-refractivity contribution in [3.8, 4) is 6.07 Å². The maximum absolute atomic E-state index is 12.7. The molecule has 3 aromatic rings. The van der Waals surface area contributed by atoms with Crippen LogP contribution in [0.2, 0.25) is 0 Å². The summed E-state index contributed by atoms with van der Waals surface area (Å²) in [5.41, 5.74) is 2.35. The van der Waals surface area contributed by atoms with Gasteiger partial charge in [0.25, 0.3) is 0 Å². The molecule has 0 aromatic carbocycles. The molecule has 168 valence electrons. The van der Waals surface area contributed by atoms with Crippen molar-refractivity contribution in [3.63, 3.8) is 0 Å². The van der Waals surface area contributed by atoms with Crippen LogP contribution in [-0.4, -0.2) is 39.1 Å². The fourth-order valence-corrected chi connectivity index (χ4v) is 5.11. The zero-order valence-corrected chi connectivity index (χ0v) is 19.5. The minimum Gasteiger partial charge on any atom is -0.467 e. The summed E-state index contributed by atoms with van der Waals surface area (Å²) in [6.07, 6.45) is 3.74. The van der Waals surface area contributed by atoms with Crippen LogP contribution in [-0.2, 0) is 22.6 Å². The molecule has 11 heteroatoms. The third-order valence-electron chi connectivity index (χ3n) is 5.34. The van der Waals surface area contributed by atoms with Gasteiger partial charge in [0.1, 0.15) is 17.6 Å². The van der Waals surface area contributed by atoms with Gasteiger partial charge in [0, 0.05) is 12.3 Å². The minimum absolute atomic E-state index is 0.102. The van der Waals surface area contributed by atoms with Crippen molar-refractivity contribution in [2.75, 3.05) is 23.0 Å². The molecule has 4 rings (SSSR count). The normalized spacial score (nSPS) is 15.6. The van der Waals surface area contributed by atoms with E-state index in [1.54, 1.807) is 6.26 Å². The summed E-state index contributed by atoms with van der Waals surface area (Å²) in [6.45, 7) is 5.77. The van der Waals surface area contributed by atoms with Crippen molar-refractivity contribution < 1.29 is 13.9 Å². The van der Waals surface area contributed by atoms with E-state index in [4.69, 9.17) is 9.15 Å². The first kappa shape index (κ1) is 22.4. The lowest BCUT2D eigenvalue weighted by molar-refractivity contribution is -0.113. The van der Waals surface area contributed by atoms with Gasteiger partial charge in [-0.25, -0.2) is 0 Å². The van der Waals surface area contributed by atoms with E-state index < -0.39 is 0 Å². The summed E-state index contributed by atoms with van der Waals surface area (Å²) in [4.78, 5) is 12.7. The Morgan fingerprint density at radius 2 is 2.31 bits per heavy atom. The molecule has 1 atom stereocenters. The quantitative estimate of drug-likeness (QED) is 0.450. The first-order valence-electron chi connectivity index (χ1n) is 10.3. The Balaban J connectivity index is 1.36. The number of aromatic nitrogens is 3. The van der Waals surface area contributed by atoms with Gasteiger partial charge in [-0.05, 0) is 44.4 Å². The summed E-state index contributed by atoms with van der Waals surface area (Å²) in [7, 11) is 0. The summed E-state index contributed by atoms with van der Waals surface area (Å²) in [5.74, 6) is 1.32. The summed E-state index contributed by atoms with van der Waals surface area (Å²) >= 11 is 2.68. The van der Waals surface area contributed by atoms with Crippen LogP contribution in [0.15, 0.2) is 27.2 Å². The smallest absolute Gasteiger partial charge is 0.235 e. The van der Waals surface area contributed by atoms with Gasteiger partial charge < -0.3 is 24.4 Å². The first-order chi connectivity index (χ1) is 15.5. The summed E-state index contributed by atoms with van der Waals surface area (Å²) in [5, 5.41) is 24.6. The molecule has 2 N–H and O–H groups in total. The molecule has 0 aliphatic carbocycles. The Morgan fingerprint density at radius 3 is 3.03 bits per heavy atom. The summed E-state index contributed by atoms with van der Waals surface area (Å²) < 4.78 is 13.7. The van der Waals surface area contributed by atoms with Crippen LogP contribution < -0.4 is 10.6 Å². The molecular weight excluding hydrogens is 448 g/mol. The highest BCUT2D eigenvalue weighted by molar-refractivity contribution is 8.01. The predicted octanol–water partition coefficient (Wildman–Crippen LogP) is 3.94. The topological polar surface area (TPSA) is 118 Å². The Morgan fingerprint density at radius 1 is 1.44 bits per heavy atom. The molecule has 1 amide bonds. The number of anilines is 2. The van der Waals surface area contributed by atoms with Crippen LogP contribution in [0.1, 0.15) is 35.4 Å². The molecule has 3 aromatic heterocycles. The molecule has 9 nitrogen and oxygen atoms in total. The largest absolute Gasteiger partial charge is 0.467 e. The van der Waals surface area contributed by atoms with Gasteiger partial charge >= 0.3 is 0 Å². The Kier molecular flexibility index (Phi) is 7.14. The molecular formula is C21H24N6O3S2. The maximum atomic E-state index is 12.7. The van der Waals surface area contributed by atoms with E-state index in [2.05, 4.69) is 26.9 Å². The minimum atomic E-state index is -0.196. The van der Waals surface area contributed by atoms with E-state index in [-0.39, 0.29) is 17.8 Å². The number of hydrogen-bond acceptors (Lipinski definition) is 9. The highest BCUT2D eigenvalue weighted by Crippen LogP contribution is 2.30. The van der Waals surface area contributed by atoms with Crippen LogP contribution in [0, 0.1) is 25.2 Å². The fraction of sp³-hybridized carbons (Fsp3) is 0.429. The summed E-state index contributed by atoms with van der Waals surface area (Å²) in [6, 6.07) is 5.94. The lowest BCUT2D eigenvalue weighted by Crippen LogP contribution is -2.22. The van der Waals surface area contributed by atoms with Crippen LogP contribution in [0.25, 0.3) is 0 Å². The molecule has 1 aliphatic rings. The van der Waals surface area contributed by atoms with E-state index in [0.717, 1.165) is 36.5 Å². The number of hydrogen-bond donors (Lipinski definition) is 2. The number of ether oxygens (including phenoxy) is 1. The predicted molar refractivity (Wildman–Crippen MR) is 123 cm³/mol. The number of nitrogens with zero attached hydrogens (tertiary/aromatic N) is 4. The van der Waals surface area contributed by atoms with E-state index in [1.165, 1.54) is 23.1 Å². The van der Waals surface area contributed by atoms with Crippen LogP contribution >= 0.6 is 23.1 Å². The molecule has 0 radical (unpaired) electrons. The number of rotatable bonds is 9. The Bertz CT molecular complexity index is 1110. The van der Waals surface area contributed by atoms with Crippen molar-refractivity contribution in [1.29, 1.82) is 5.26 Å². The van der Waals surface area contributed by atoms with Crippen LogP contribution in [0.3, 0.4) is 0 Å². The molecule has 1 aliphatic heterocycles. The number of nitrogens with one attached hydrogen (secondary N) is 2. The highest BCUT2D eigenvalue weighted by Gasteiger charge is 2.24. The average molecular weight is 473 g/mol. The van der Waals surface area contributed by atoms with Gasteiger partial charge in [-0.1, -0.05) is 23.1 Å². The monoisotopic (exact) mass is 472 g/mol. The molecule has 4 heterocycles. The molecule has 0 bridgehead atoms. The first-order valence-corrected chi connectivity index (χ1v) is 12.1. The van der Waals surface area contributed by atoms with E-state index >= 15 is 0 Å². The Hall–Kier alpha value is -2.81. The molecule has 0 spiro atoms.